The largest absolute Gasteiger partial charge is 0.325 e. The number of rotatable bonds is 4. The molecule has 144 valence electrons. The second-order valence-electron chi connectivity index (χ2n) is 6.91. The first-order chi connectivity index (χ1) is 12.7. The lowest BCUT2D eigenvalue weighted by Crippen LogP contribution is -2.54. The molecule has 2 atom stereocenters. The van der Waals surface area contributed by atoms with Crippen LogP contribution in [0.3, 0.4) is 0 Å². The molecule has 1 heterocycles. The first-order valence-corrected chi connectivity index (χ1v) is 9.00. The second kappa shape index (κ2) is 7.15. The fraction of sp³-hybridized carbons (Fsp3) is 0.471. The van der Waals surface area contributed by atoms with E-state index in [1.807, 2.05) is 6.92 Å². The van der Waals surface area contributed by atoms with E-state index >= 15 is 0 Å². The van der Waals surface area contributed by atoms with Crippen molar-refractivity contribution < 1.29 is 19.3 Å². The number of halogens is 1. The van der Waals surface area contributed by atoms with Gasteiger partial charge in [0.05, 0.1) is 4.92 Å². The number of benzene rings is 1. The zero-order valence-corrected chi connectivity index (χ0v) is 15.4. The van der Waals surface area contributed by atoms with Gasteiger partial charge in [-0.2, -0.15) is 0 Å². The van der Waals surface area contributed by atoms with Gasteiger partial charge in [-0.1, -0.05) is 31.4 Å². The SMILES string of the molecule is C[C@H]1CCCC[C@@]12NC(=O)N(CC(=O)Nc1ccc(Cl)c([N+](=O)[O-])c1)C2=O. The molecule has 4 amide bonds. The van der Waals surface area contributed by atoms with Crippen LogP contribution in [-0.4, -0.2) is 39.8 Å². The Morgan fingerprint density at radius 2 is 2.19 bits per heavy atom. The average molecular weight is 395 g/mol. The first kappa shape index (κ1) is 19.1. The summed E-state index contributed by atoms with van der Waals surface area (Å²) in [4.78, 5) is 48.6. The molecule has 0 radical (unpaired) electrons. The number of nitro benzene ring substituents is 1. The molecule has 2 aliphatic rings. The van der Waals surface area contributed by atoms with E-state index in [1.54, 1.807) is 0 Å². The van der Waals surface area contributed by atoms with Crippen molar-refractivity contribution in [1.82, 2.24) is 10.2 Å². The number of anilines is 1. The van der Waals surface area contributed by atoms with Gasteiger partial charge in [-0.15, -0.1) is 0 Å². The molecular formula is C17H19ClN4O5. The molecule has 0 bridgehead atoms. The van der Waals surface area contributed by atoms with Gasteiger partial charge in [0.15, 0.2) is 0 Å². The van der Waals surface area contributed by atoms with Crippen molar-refractivity contribution in [3.8, 4) is 0 Å². The van der Waals surface area contributed by atoms with Gasteiger partial charge in [0.2, 0.25) is 5.91 Å². The van der Waals surface area contributed by atoms with Gasteiger partial charge in [-0.25, -0.2) is 4.79 Å². The van der Waals surface area contributed by atoms with E-state index in [4.69, 9.17) is 11.6 Å². The molecule has 2 fully saturated rings. The lowest BCUT2D eigenvalue weighted by molar-refractivity contribution is -0.384. The maximum atomic E-state index is 12.8. The molecule has 9 nitrogen and oxygen atoms in total. The summed E-state index contributed by atoms with van der Waals surface area (Å²) in [5.41, 5.74) is -1.13. The van der Waals surface area contributed by atoms with Gasteiger partial charge >= 0.3 is 6.03 Å². The van der Waals surface area contributed by atoms with Crippen LogP contribution >= 0.6 is 11.6 Å². The van der Waals surface area contributed by atoms with Crippen LogP contribution in [-0.2, 0) is 9.59 Å². The van der Waals surface area contributed by atoms with Crippen LogP contribution < -0.4 is 10.6 Å². The van der Waals surface area contributed by atoms with Gasteiger partial charge in [0.25, 0.3) is 11.6 Å². The van der Waals surface area contributed by atoms with Gasteiger partial charge in [0, 0.05) is 11.8 Å². The average Bonchev–Trinajstić information content (AvgIpc) is 2.84. The van der Waals surface area contributed by atoms with Crippen molar-refractivity contribution >= 4 is 40.8 Å². The third-order valence-corrected chi connectivity index (χ3v) is 5.55. The number of nitrogens with one attached hydrogen (secondary N) is 2. The molecule has 1 aromatic rings. The van der Waals surface area contributed by atoms with Gasteiger partial charge < -0.3 is 10.6 Å². The molecule has 0 unspecified atom stereocenters. The highest BCUT2D eigenvalue weighted by Crippen LogP contribution is 2.38. The molecule has 0 aromatic heterocycles. The Kier molecular flexibility index (Phi) is 5.05. The van der Waals surface area contributed by atoms with E-state index in [1.165, 1.54) is 12.1 Å². The highest BCUT2D eigenvalue weighted by molar-refractivity contribution is 6.32. The number of nitrogens with zero attached hydrogens (tertiary/aromatic N) is 2. The fourth-order valence-corrected chi connectivity index (χ4v) is 3.90. The molecule has 2 N–H and O–H groups in total. The Bertz CT molecular complexity index is 830. The zero-order chi connectivity index (χ0) is 19.8. The fourth-order valence-electron chi connectivity index (χ4n) is 3.71. The van der Waals surface area contributed by atoms with Crippen LogP contribution in [0.2, 0.25) is 5.02 Å². The predicted octanol–water partition coefficient (Wildman–Crippen LogP) is 2.69. The number of imide groups is 1. The van der Waals surface area contributed by atoms with Crippen molar-refractivity contribution in [2.45, 2.75) is 38.1 Å². The third kappa shape index (κ3) is 3.46. The van der Waals surface area contributed by atoms with E-state index in [0.717, 1.165) is 30.2 Å². The Morgan fingerprint density at radius 1 is 1.44 bits per heavy atom. The molecule has 1 aliphatic heterocycles. The Morgan fingerprint density at radius 3 is 2.85 bits per heavy atom. The van der Waals surface area contributed by atoms with Crippen LogP contribution in [0.15, 0.2) is 18.2 Å². The van der Waals surface area contributed by atoms with Gasteiger partial charge in [0.1, 0.15) is 17.1 Å². The summed E-state index contributed by atoms with van der Waals surface area (Å²) in [6.45, 7) is 1.46. The second-order valence-corrected chi connectivity index (χ2v) is 7.32. The van der Waals surface area contributed by atoms with Crippen LogP contribution in [0.4, 0.5) is 16.2 Å². The van der Waals surface area contributed by atoms with E-state index in [-0.39, 0.29) is 22.3 Å². The number of hydrogen-bond acceptors (Lipinski definition) is 5. The summed E-state index contributed by atoms with van der Waals surface area (Å²) in [6.07, 6.45) is 3.23. The van der Waals surface area contributed by atoms with Gasteiger partial charge in [-0.05, 0) is 30.9 Å². The van der Waals surface area contributed by atoms with E-state index in [9.17, 15) is 24.5 Å². The number of hydrogen-bond donors (Lipinski definition) is 2. The van der Waals surface area contributed by atoms with Crippen LogP contribution in [0.1, 0.15) is 32.6 Å². The van der Waals surface area contributed by atoms with E-state index in [2.05, 4.69) is 10.6 Å². The predicted molar refractivity (Wildman–Crippen MR) is 97.3 cm³/mol. The van der Waals surface area contributed by atoms with Crippen LogP contribution in [0.5, 0.6) is 0 Å². The first-order valence-electron chi connectivity index (χ1n) is 8.62. The molecular weight excluding hydrogens is 376 g/mol. The minimum atomic E-state index is -0.936. The maximum Gasteiger partial charge on any atom is 0.325 e. The molecule has 1 aromatic carbocycles. The van der Waals surface area contributed by atoms with Crippen molar-refractivity contribution in [1.29, 1.82) is 0 Å². The number of nitro groups is 1. The number of carbonyl (C=O) groups excluding carboxylic acids is 3. The molecule has 1 aliphatic carbocycles. The molecule has 1 saturated carbocycles. The third-order valence-electron chi connectivity index (χ3n) is 5.23. The smallest absolute Gasteiger partial charge is 0.324 e. The summed E-state index contributed by atoms with van der Waals surface area (Å²) in [7, 11) is 0. The molecule has 3 rings (SSSR count). The Hall–Kier alpha value is -2.68. The van der Waals surface area contributed by atoms with Crippen molar-refractivity contribution in [2.24, 2.45) is 5.92 Å². The molecule has 1 saturated heterocycles. The minimum Gasteiger partial charge on any atom is -0.324 e. The Labute approximate surface area is 160 Å². The normalized spacial score (nSPS) is 24.8. The lowest BCUT2D eigenvalue weighted by Gasteiger charge is -2.36. The number of urea groups is 1. The van der Waals surface area contributed by atoms with E-state index in [0.29, 0.717) is 6.42 Å². The standard InChI is InChI=1S/C17H19ClN4O5/c1-10-4-2-3-7-17(10)15(24)21(16(25)20-17)9-14(23)19-11-5-6-12(18)13(8-11)22(26)27/h5-6,8,10H,2-4,7,9H2,1H3,(H,19,23)(H,20,25)/t10-,17+/m0/s1. The summed E-state index contributed by atoms with van der Waals surface area (Å²) < 4.78 is 0. The minimum absolute atomic E-state index is 0.00493. The van der Waals surface area contributed by atoms with Crippen molar-refractivity contribution in [2.75, 3.05) is 11.9 Å². The van der Waals surface area contributed by atoms with E-state index < -0.39 is 34.9 Å². The van der Waals surface area contributed by atoms with Gasteiger partial charge in [-0.3, -0.25) is 24.6 Å². The highest BCUT2D eigenvalue weighted by Gasteiger charge is 2.55. The summed E-state index contributed by atoms with van der Waals surface area (Å²) in [6, 6.07) is 3.23. The quantitative estimate of drug-likeness (QED) is 0.462. The molecule has 1 spiro atoms. The Balaban J connectivity index is 1.71. The van der Waals surface area contributed by atoms with Crippen LogP contribution in [0.25, 0.3) is 0 Å². The van der Waals surface area contributed by atoms with Crippen LogP contribution in [0, 0.1) is 16.0 Å². The van der Waals surface area contributed by atoms with Crippen molar-refractivity contribution in [3.63, 3.8) is 0 Å². The summed E-state index contributed by atoms with van der Waals surface area (Å²) >= 11 is 5.74. The maximum absolute atomic E-state index is 12.8. The monoisotopic (exact) mass is 394 g/mol. The molecule has 27 heavy (non-hydrogen) atoms. The summed E-state index contributed by atoms with van der Waals surface area (Å²) in [5.74, 6) is -1.03. The molecule has 10 heteroatoms. The summed E-state index contributed by atoms with van der Waals surface area (Å²) in [5, 5.41) is 16.1. The zero-order valence-electron chi connectivity index (χ0n) is 14.7. The lowest BCUT2D eigenvalue weighted by atomic mass is 9.73. The number of amides is 4. The highest BCUT2D eigenvalue weighted by atomic mass is 35.5. The van der Waals surface area contributed by atoms with Crippen molar-refractivity contribution in [3.05, 3.63) is 33.3 Å². The number of carbonyl (C=O) groups is 3. The topological polar surface area (TPSA) is 122 Å².